The zero-order valence-corrected chi connectivity index (χ0v) is 16.5. The predicted molar refractivity (Wildman–Crippen MR) is 103 cm³/mol. The first-order valence-corrected chi connectivity index (χ1v) is 9.49. The first kappa shape index (κ1) is 19.6. The van der Waals surface area contributed by atoms with Gasteiger partial charge >= 0.3 is 0 Å². The maximum Gasteiger partial charge on any atom is 0.277 e. The highest BCUT2D eigenvalue weighted by atomic mass is 16.5. The van der Waals surface area contributed by atoms with Crippen LogP contribution in [0.25, 0.3) is 5.57 Å². The highest BCUT2D eigenvalue weighted by Gasteiger charge is 2.42. The van der Waals surface area contributed by atoms with E-state index in [1.807, 2.05) is 49.9 Å². The topological polar surface area (TPSA) is 59.1 Å². The van der Waals surface area contributed by atoms with Gasteiger partial charge in [-0.2, -0.15) is 0 Å². The van der Waals surface area contributed by atoms with Gasteiger partial charge in [-0.3, -0.25) is 14.5 Å². The summed E-state index contributed by atoms with van der Waals surface area (Å²) in [7, 11) is 1.62. The molecule has 0 saturated carbocycles. The normalized spacial score (nSPS) is 23.6. The Morgan fingerprint density at radius 2 is 1.70 bits per heavy atom. The van der Waals surface area contributed by atoms with Crippen molar-refractivity contribution in [2.24, 2.45) is 0 Å². The van der Waals surface area contributed by atoms with Crippen LogP contribution in [-0.4, -0.2) is 67.2 Å². The molecular weight excluding hydrogens is 344 g/mol. The third kappa shape index (κ3) is 4.06. The van der Waals surface area contributed by atoms with Crippen LogP contribution >= 0.6 is 0 Å². The molecule has 0 aliphatic carbocycles. The van der Waals surface area contributed by atoms with E-state index in [1.54, 1.807) is 7.11 Å². The van der Waals surface area contributed by atoms with Gasteiger partial charge in [-0.25, -0.2) is 0 Å². The Morgan fingerprint density at radius 3 is 2.30 bits per heavy atom. The SMILES string of the molecule is COCCCN1C(=O)C(c2ccc(C)cc2)=C(N2CC(C)OC(C)C2)C1=O. The number of ether oxygens (including phenoxy) is 2. The molecule has 0 bridgehead atoms. The number of benzene rings is 1. The monoisotopic (exact) mass is 372 g/mol. The molecule has 6 nitrogen and oxygen atoms in total. The zero-order valence-electron chi connectivity index (χ0n) is 16.5. The lowest BCUT2D eigenvalue weighted by molar-refractivity contribution is -0.138. The third-order valence-electron chi connectivity index (χ3n) is 4.95. The lowest BCUT2D eigenvalue weighted by atomic mass is 10.0. The Morgan fingerprint density at radius 1 is 1.07 bits per heavy atom. The smallest absolute Gasteiger partial charge is 0.277 e. The van der Waals surface area contributed by atoms with E-state index in [2.05, 4.69) is 0 Å². The van der Waals surface area contributed by atoms with Gasteiger partial charge in [-0.05, 0) is 32.8 Å². The number of hydrogen-bond acceptors (Lipinski definition) is 5. The summed E-state index contributed by atoms with van der Waals surface area (Å²) in [5.41, 5.74) is 2.90. The lowest BCUT2D eigenvalue weighted by Gasteiger charge is -2.37. The van der Waals surface area contributed by atoms with Crippen LogP contribution in [0.3, 0.4) is 0 Å². The molecule has 6 heteroatoms. The predicted octanol–water partition coefficient (Wildman–Crippen LogP) is 2.22. The average molecular weight is 372 g/mol. The quantitative estimate of drug-likeness (QED) is 0.566. The molecule has 0 N–H and O–H groups in total. The van der Waals surface area contributed by atoms with Crippen LogP contribution < -0.4 is 0 Å². The molecule has 146 valence electrons. The van der Waals surface area contributed by atoms with Crippen molar-refractivity contribution in [3.05, 3.63) is 41.1 Å². The van der Waals surface area contributed by atoms with Gasteiger partial charge in [0, 0.05) is 33.4 Å². The summed E-state index contributed by atoms with van der Waals surface area (Å²) in [5, 5.41) is 0. The van der Waals surface area contributed by atoms with Gasteiger partial charge in [0.2, 0.25) is 0 Å². The highest BCUT2D eigenvalue weighted by molar-refractivity contribution is 6.35. The van der Waals surface area contributed by atoms with E-state index in [9.17, 15) is 9.59 Å². The number of hydrogen-bond donors (Lipinski definition) is 0. The van der Waals surface area contributed by atoms with Gasteiger partial charge < -0.3 is 14.4 Å². The minimum Gasteiger partial charge on any atom is -0.385 e. The Labute approximate surface area is 160 Å². The molecule has 27 heavy (non-hydrogen) atoms. The fourth-order valence-corrected chi connectivity index (χ4v) is 3.77. The van der Waals surface area contributed by atoms with Crippen molar-refractivity contribution in [3.63, 3.8) is 0 Å². The Hall–Kier alpha value is -2.18. The van der Waals surface area contributed by atoms with Crippen molar-refractivity contribution < 1.29 is 19.1 Å². The number of methoxy groups -OCH3 is 1. The van der Waals surface area contributed by atoms with Crippen molar-refractivity contribution in [2.75, 3.05) is 33.4 Å². The Kier molecular flexibility index (Phi) is 5.97. The number of nitrogens with zero attached hydrogens (tertiary/aromatic N) is 2. The maximum atomic E-state index is 13.2. The van der Waals surface area contributed by atoms with Gasteiger partial charge in [0.25, 0.3) is 11.8 Å². The lowest BCUT2D eigenvalue weighted by Crippen LogP contribution is -2.47. The fourth-order valence-electron chi connectivity index (χ4n) is 3.77. The molecule has 2 aliphatic rings. The van der Waals surface area contributed by atoms with E-state index in [-0.39, 0.29) is 24.0 Å². The van der Waals surface area contributed by atoms with E-state index < -0.39 is 0 Å². The van der Waals surface area contributed by atoms with Gasteiger partial charge in [0.15, 0.2) is 0 Å². The maximum absolute atomic E-state index is 13.2. The van der Waals surface area contributed by atoms with Crippen LogP contribution in [-0.2, 0) is 19.1 Å². The second kappa shape index (κ2) is 8.23. The standard InChI is InChI=1S/C21H28N2O4/c1-14-6-8-17(9-7-14)18-19(22-12-15(2)27-16(3)13-22)21(25)23(20(18)24)10-5-11-26-4/h6-9,15-16H,5,10-13H2,1-4H3. The number of carbonyl (C=O) groups excluding carboxylic acids is 2. The largest absolute Gasteiger partial charge is 0.385 e. The molecule has 2 amide bonds. The molecule has 1 aromatic rings. The molecule has 0 aromatic heterocycles. The van der Waals surface area contributed by atoms with E-state index in [1.165, 1.54) is 4.90 Å². The molecule has 1 aromatic carbocycles. The summed E-state index contributed by atoms with van der Waals surface area (Å²) in [4.78, 5) is 29.7. The minimum absolute atomic E-state index is 0.00552. The molecule has 1 saturated heterocycles. The van der Waals surface area contributed by atoms with Crippen molar-refractivity contribution in [1.82, 2.24) is 9.80 Å². The van der Waals surface area contributed by atoms with Crippen LogP contribution in [0.4, 0.5) is 0 Å². The van der Waals surface area contributed by atoms with Gasteiger partial charge in [0.05, 0.1) is 17.8 Å². The molecule has 1 fully saturated rings. The van der Waals surface area contributed by atoms with Crippen LogP contribution in [0.5, 0.6) is 0 Å². The first-order valence-electron chi connectivity index (χ1n) is 9.49. The molecule has 2 atom stereocenters. The van der Waals surface area contributed by atoms with Crippen LogP contribution in [0.2, 0.25) is 0 Å². The molecule has 3 rings (SSSR count). The molecule has 0 spiro atoms. The van der Waals surface area contributed by atoms with Crippen molar-refractivity contribution in [2.45, 2.75) is 39.4 Å². The number of carbonyl (C=O) groups is 2. The summed E-state index contributed by atoms with van der Waals surface area (Å²) >= 11 is 0. The summed E-state index contributed by atoms with van der Waals surface area (Å²) in [6.45, 7) is 8.06. The second-order valence-corrected chi connectivity index (χ2v) is 7.36. The third-order valence-corrected chi connectivity index (χ3v) is 4.95. The van der Waals surface area contributed by atoms with Gasteiger partial charge in [-0.15, -0.1) is 0 Å². The fraction of sp³-hybridized carbons (Fsp3) is 0.524. The molecule has 0 radical (unpaired) electrons. The van der Waals surface area contributed by atoms with Crippen LogP contribution in [0.15, 0.2) is 30.0 Å². The molecule has 2 heterocycles. The number of imide groups is 1. The van der Waals surface area contributed by atoms with E-state index in [4.69, 9.17) is 9.47 Å². The zero-order chi connectivity index (χ0) is 19.6. The van der Waals surface area contributed by atoms with Gasteiger partial charge in [0.1, 0.15) is 5.70 Å². The van der Waals surface area contributed by atoms with E-state index in [0.29, 0.717) is 43.9 Å². The van der Waals surface area contributed by atoms with E-state index >= 15 is 0 Å². The van der Waals surface area contributed by atoms with Gasteiger partial charge in [-0.1, -0.05) is 29.8 Å². The van der Waals surface area contributed by atoms with Crippen LogP contribution in [0, 0.1) is 6.92 Å². The molecular formula is C21H28N2O4. The summed E-state index contributed by atoms with van der Waals surface area (Å²) in [6, 6.07) is 7.77. The van der Waals surface area contributed by atoms with Crippen LogP contribution in [0.1, 0.15) is 31.4 Å². The summed E-state index contributed by atoms with van der Waals surface area (Å²) < 4.78 is 10.9. The first-order chi connectivity index (χ1) is 12.9. The van der Waals surface area contributed by atoms with E-state index in [0.717, 1.165) is 11.1 Å². The Balaban J connectivity index is 1.99. The number of amides is 2. The average Bonchev–Trinajstić information content (AvgIpc) is 2.86. The minimum atomic E-state index is -0.221. The molecule has 2 aliphatic heterocycles. The Bertz CT molecular complexity index is 731. The number of morpholine rings is 1. The van der Waals surface area contributed by atoms with Crippen molar-refractivity contribution in [3.8, 4) is 0 Å². The number of rotatable bonds is 6. The summed E-state index contributed by atoms with van der Waals surface area (Å²) in [6.07, 6.45) is 0.634. The van der Waals surface area contributed by atoms with Crippen molar-refractivity contribution in [1.29, 1.82) is 0 Å². The summed E-state index contributed by atoms with van der Waals surface area (Å²) in [5.74, 6) is -0.435. The highest BCUT2D eigenvalue weighted by Crippen LogP contribution is 2.33. The second-order valence-electron chi connectivity index (χ2n) is 7.36. The molecule has 2 unspecified atom stereocenters. The number of aryl methyl sites for hydroxylation is 1. The van der Waals surface area contributed by atoms with Crippen molar-refractivity contribution >= 4 is 17.4 Å².